The molecule has 2 heterocycles. The number of pyridine rings is 1. The summed E-state index contributed by atoms with van der Waals surface area (Å²) in [5.74, 6) is 0. The van der Waals surface area contributed by atoms with Crippen molar-refractivity contribution in [2.75, 3.05) is 7.05 Å². The van der Waals surface area contributed by atoms with Crippen LogP contribution in [0.1, 0.15) is 25.8 Å². The van der Waals surface area contributed by atoms with E-state index in [1.54, 1.807) is 0 Å². The van der Waals surface area contributed by atoms with Crippen molar-refractivity contribution in [2.24, 2.45) is 5.10 Å². The Labute approximate surface area is 84.5 Å². The number of nitrogens with zero attached hydrogens (tertiary/aromatic N) is 3. The lowest BCUT2D eigenvalue weighted by Crippen LogP contribution is -2.34. The summed E-state index contributed by atoms with van der Waals surface area (Å²) < 4.78 is 0. The molecule has 0 N–H and O–H groups in total. The van der Waals surface area contributed by atoms with E-state index in [-0.39, 0.29) is 5.54 Å². The van der Waals surface area contributed by atoms with Gasteiger partial charge in [0.1, 0.15) is 0 Å². The van der Waals surface area contributed by atoms with E-state index in [4.69, 9.17) is 0 Å². The van der Waals surface area contributed by atoms with Crippen molar-refractivity contribution in [2.45, 2.75) is 25.8 Å². The molecular weight excluding hydrogens is 174 g/mol. The summed E-state index contributed by atoms with van der Waals surface area (Å²) in [7, 11) is 2.02. The lowest BCUT2D eigenvalue weighted by atomic mass is 9.88. The Balaban J connectivity index is 2.36. The first-order valence-electron chi connectivity index (χ1n) is 4.81. The van der Waals surface area contributed by atoms with E-state index in [2.05, 4.69) is 36.1 Å². The van der Waals surface area contributed by atoms with Crippen molar-refractivity contribution in [1.82, 2.24) is 9.99 Å². The van der Waals surface area contributed by atoms with E-state index < -0.39 is 0 Å². The first-order valence-corrected chi connectivity index (χ1v) is 4.81. The molecule has 0 saturated carbocycles. The first-order chi connectivity index (χ1) is 6.63. The van der Waals surface area contributed by atoms with E-state index in [0.717, 1.165) is 6.42 Å². The largest absolute Gasteiger partial charge is 0.290 e. The van der Waals surface area contributed by atoms with Gasteiger partial charge in [0.25, 0.3) is 0 Å². The molecule has 1 unspecified atom stereocenters. The monoisotopic (exact) mass is 189 g/mol. The zero-order valence-electron chi connectivity index (χ0n) is 8.86. The summed E-state index contributed by atoms with van der Waals surface area (Å²) in [5.41, 5.74) is 2.47. The molecule has 2 rings (SSSR count). The fraction of sp³-hybridized carbons (Fsp3) is 0.455. The zero-order chi connectivity index (χ0) is 10.2. The molecule has 0 amide bonds. The predicted molar refractivity (Wildman–Crippen MR) is 57.1 cm³/mol. The van der Waals surface area contributed by atoms with Crippen LogP contribution in [0.2, 0.25) is 0 Å². The van der Waals surface area contributed by atoms with Gasteiger partial charge in [0.2, 0.25) is 0 Å². The maximum atomic E-state index is 4.45. The number of hydrogen-bond donors (Lipinski definition) is 0. The van der Waals surface area contributed by atoms with Gasteiger partial charge in [-0.05, 0) is 31.5 Å². The summed E-state index contributed by atoms with van der Waals surface area (Å²) >= 11 is 0. The van der Waals surface area contributed by atoms with Gasteiger partial charge in [0.15, 0.2) is 0 Å². The number of rotatable bonds is 1. The van der Waals surface area contributed by atoms with Gasteiger partial charge in [-0.3, -0.25) is 9.99 Å². The van der Waals surface area contributed by atoms with Gasteiger partial charge in [-0.2, -0.15) is 5.10 Å². The molecule has 3 heteroatoms. The molecule has 1 aliphatic heterocycles. The smallest absolute Gasteiger partial charge is 0.0849 e. The van der Waals surface area contributed by atoms with Gasteiger partial charge in [0.05, 0.1) is 5.54 Å². The van der Waals surface area contributed by atoms with Crippen molar-refractivity contribution in [3.63, 3.8) is 0 Å². The van der Waals surface area contributed by atoms with E-state index in [0.29, 0.717) is 0 Å². The molecule has 0 aliphatic carbocycles. The van der Waals surface area contributed by atoms with Crippen LogP contribution >= 0.6 is 0 Å². The number of hydrogen-bond acceptors (Lipinski definition) is 3. The molecule has 0 fully saturated rings. The van der Waals surface area contributed by atoms with Gasteiger partial charge in [-0.15, -0.1) is 0 Å². The van der Waals surface area contributed by atoms with Gasteiger partial charge >= 0.3 is 0 Å². The van der Waals surface area contributed by atoms with Gasteiger partial charge in [0, 0.05) is 31.6 Å². The molecular formula is C11H15N3. The lowest BCUT2D eigenvalue weighted by Gasteiger charge is -2.31. The fourth-order valence-electron chi connectivity index (χ4n) is 2.01. The van der Waals surface area contributed by atoms with Crippen LogP contribution < -0.4 is 0 Å². The van der Waals surface area contributed by atoms with E-state index in [9.17, 15) is 0 Å². The Hall–Kier alpha value is -1.38. The van der Waals surface area contributed by atoms with Crippen LogP contribution in [0.25, 0.3) is 0 Å². The van der Waals surface area contributed by atoms with Crippen molar-refractivity contribution in [1.29, 1.82) is 0 Å². The Morgan fingerprint density at radius 2 is 2.00 bits per heavy atom. The van der Waals surface area contributed by atoms with Crippen LogP contribution in [-0.4, -0.2) is 22.8 Å². The highest BCUT2D eigenvalue weighted by atomic mass is 15.5. The highest BCUT2D eigenvalue weighted by Gasteiger charge is 2.36. The number of hydrazone groups is 1. The molecule has 1 aromatic rings. The summed E-state index contributed by atoms with van der Waals surface area (Å²) in [6.45, 7) is 4.28. The van der Waals surface area contributed by atoms with Crippen LogP contribution in [0.4, 0.5) is 0 Å². The lowest BCUT2D eigenvalue weighted by molar-refractivity contribution is 0.174. The molecule has 0 spiro atoms. The molecule has 3 nitrogen and oxygen atoms in total. The maximum Gasteiger partial charge on any atom is 0.0849 e. The average Bonchev–Trinajstić information content (AvgIpc) is 2.43. The van der Waals surface area contributed by atoms with Crippen LogP contribution in [0.15, 0.2) is 29.6 Å². The third kappa shape index (κ3) is 1.29. The van der Waals surface area contributed by atoms with Crippen molar-refractivity contribution in [3.05, 3.63) is 30.1 Å². The summed E-state index contributed by atoms with van der Waals surface area (Å²) in [4.78, 5) is 4.04. The standard InChI is InChI=1S/C11H15N3/c1-9-8-11(2,14(3)13-9)10-4-6-12-7-5-10/h4-7H,8H2,1-3H3. The second kappa shape index (κ2) is 3.08. The summed E-state index contributed by atoms with van der Waals surface area (Å²) in [6, 6.07) is 4.12. The molecule has 1 aliphatic rings. The molecule has 0 radical (unpaired) electrons. The Morgan fingerprint density at radius 1 is 1.36 bits per heavy atom. The zero-order valence-corrected chi connectivity index (χ0v) is 8.86. The second-order valence-electron chi connectivity index (χ2n) is 4.05. The van der Waals surface area contributed by atoms with Crippen LogP contribution in [0, 0.1) is 0 Å². The maximum absolute atomic E-state index is 4.45. The normalized spacial score (nSPS) is 26.5. The van der Waals surface area contributed by atoms with Crippen molar-refractivity contribution >= 4 is 5.71 Å². The summed E-state index contributed by atoms with van der Waals surface area (Å²) in [5, 5.41) is 6.49. The molecule has 14 heavy (non-hydrogen) atoms. The first kappa shape index (κ1) is 9.19. The van der Waals surface area contributed by atoms with Gasteiger partial charge < -0.3 is 0 Å². The van der Waals surface area contributed by atoms with Gasteiger partial charge in [-0.1, -0.05) is 0 Å². The highest BCUT2D eigenvalue weighted by Crippen LogP contribution is 2.35. The SMILES string of the molecule is CC1=NN(C)C(C)(c2ccncc2)C1. The summed E-state index contributed by atoms with van der Waals surface area (Å²) in [6.07, 6.45) is 4.66. The van der Waals surface area contributed by atoms with Crippen LogP contribution in [0.5, 0.6) is 0 Å². The minimum atomic E-state index is 0.00697. The predicted octanol–water partition coefficient (Wildman–Crippen LogP) is 2.01. The molecule has 1 aromatic heterocycles. The van der Waals surface area contributed by atoms with E-state index in [1.165, 1.54) is 11.3 Å². The Morgan fingerprint density at radius 3 is 2.50 bits per heavy atom. The van der Waals surface area contributed by atoms with Crippen molar-refractivity contribution < 1.29 is 0 Å². The molecule has 1 atom stereocenters. The molecule has 0 aromatic carbocycles. The third-order valence-corrected chi connectivity index (χ3v) is 2.94. The quantitative estimate of drug-likeness (QED) is 0.676. The van der Waals surface area contributed by atoms with E-state index >= 15 is 0 Å². The number of aromatic nitrogens is 1. The van der Waals surface area contributed by atoms with Crippen molar-refractivity contribution in [3.8, 4) is 0 Å². The molecule has 74 valence electrons. The van der Waals surface area contributed by atoms with Crippen LogP contribution in [-0.2, 0) is 5.54 Å². The highest BCUT2D eigenvalue weighted by molar-refractivity contribution is 5.84. The fourth-order valence-corrected chi connectivity index (χ4v) is 2.01. The van der Waals surface area contributed by atoms with Crippen LogP contribution in [0.3, 0.4) is 0 Å². The Bertz CT molecular complexity index is 358. The topological polar surface area (TPSA) is 28.5 Å². The van der Waals surface area contributed by atoms with Gasteiger partial charge in [-0.25, -0.2) is 0 Å². The average molecular weight is 189 g/mol. The van der Waals surface area contributed by atoms with E-state index in [1.807, 2.05) is 24.5 Å². The minimum absolute atomic E-state index is 0.00697. The Kier molecular flexibility index (Phi) is 2.02. The minimum Gasteiger partial charge on any atom is -0.290 e. The second-order valence-corrected chi connectivity index (χ2v) is 4.05. The molecule has 0 saturated heterocycles. The third-order valence-electron chi connectivity index (χ3n) is 2.94. The molecule has 0 bridgehead atoms.